The number of carbonyl (C=O) groups is 1. The molecule has 0 aliphatic rings. The maximum absolute atomic E-state index is 13.6. The zero-order valence-corrected chi connectivity index (χ0v) is 12.0. The molecule has 5 heteroatoms. The van der Waals surface area contributed by atoms with Gasteiger partial charge in [-0.1, -0.05) is 19.9 Å². The first-order valence-electron chi connectivity index (χ1n) is 5.15. The van der Waals surface area contributed by atoms with E-state index in [1.54, 1.807) is 12.1 Å². The van der Waals surface area contributed by atoms with Gasteiger partial charge in [-0.3, -0.25) is 4.79 Å². The fourth-order valence-corrected chi connectivity index (χ4v) is 1.60. The molecule has 0 heterocycles. The number of amides is 1. The van der Waals surface area contributed by atoms with Crippen molar-refractivity contribution in [2.45, 2.75) is 13.8 Å². The Morgan fingerprint density at radius 1 is 1.53 bits per heavy atom. The number of rotatable bonds is 4. The summed E-state index contributed by atoms with van der Waals surface area (Å²) >= 11 is 8.79. The minimum absolute atomic E-state index is 0.0322. The summed E-state index contributed by atoms with van der Waals surface area (Å²) in [6.45, 7) is 4.26. The molecule has 0 bridgehead atoms. The molecule has 1 rings (SSSR count). The summed E-state index contributed by atoms with van der Waals surface area (Å²) in [6, 6.07) is 4.62. The summed E-state index contributed by atoms with van der Waals surface area (Å²) in [4.78, 5) is 11.8. The van der Waals surface area contributed by atoms with Gasteiger partial charge in [-0.15, -0.1) is 11.6 Å². The lowest BCUT2D eigenvalue weighted by atomic mass is 9.96. The molecule has 1 N–H and O–H groups in total. The van der Waals surface area contributed by atoms with Gasteiger partial charge in [0.2, 0.25) is 0 Å². The van der Waals surface area contributed by atoms with Crippen LogP contribution in [0.2, 0.25) is 0 Å². The van der Waals surface area contributed by atoms with Crippen LogP contribution in [0.1, 0.15) is 24.2 Å². The van der Waals surface area contributed by atoms with Crippen molar-refractivity contribution in [2.24, 2.45) is 5.41 Å². The predicted octanol–water partition coefficient (Wildman–Crippen LogP) is 3.58. The molecule has 94 valence electrons. The van der Waals surface area contributed by atoms with Crippen molar-refractivity contribution in [3.63, 3.8) is 0 Å². The molecule has 0 saturated heterocycles. The summed E-state index contributed by atoms with van der Waals surface area (Å²) in [7, 11) is 0. The summed E-state index contributed by atoms with van der Waals surface area (Å²) < 4.78 is 13.9. The Morgan fingerprint density at radius 2 is 2.18 bits per heavy atom. The third kappa shape index (κ3) is 3.96. The highest BCUT2D eigenvalue weighted by Gasteiger charge is 2.19. The molecule has 2 nitrogen and oxygen atoms in total. The minimum Gasteiger partial charge on any atom is -0.351 e. The predicted molar refractivity (Wildman–Crippen MR) is 70.9 cm³/mol. The Hall–Kier alpha value is -0.610. The van der Waals surface area contributed by atoms with Crippen LogP contribution in [0.3, 0.4) is 0 Å². The standard InChI is InChI=1S/C12H14BrClFNO/c1-12(2,6-14)7-16-11(17)8-4-3-5-9(13)10(8)15/h3-5H,6-7H2,1-2H3,(H,16,17). The Balaban J connectivity index is 2.74. The second-order valence-electron chi connectivity index (χ2n) is 4.58. The van der Waals surface area contributed by atoms with Gasteiger partial charge in [-0.2, -0.15) is 0 Å². The molecule has 0 radical (unpaired) electrons. The van der Waals surface area contributed by atoms with Gasteiger partial charge in [-0.05, 0) is 33.5 Å². The van der Waals surface area contributed by atoms with Gasteiger partial charge in [0, 0.05) is 12.4 Å². The number of benzene rings is 1. The molecule has 0 saturated carbocycles. The number of nitrogens with one attached hydrogen (secondary N) is 1. The summed E-state index contributed by atoms with van der Waals surface area (Å²) in [5.74, 6) is -0.551. The van der Waals surface area contributed by atoms with Crippen molar-refractivity contribution < 1.29 is 9.18 Å². The van der Waals surface area contributed by atoms with Crippen molar-refractivity contribution in [2.75, 3.05) is 12.4 Å². The zero-order valence-electron chi connectivity index (χ0n) is 9.69. The molecule has 1 aromatic carbocycles. The lowest BCUT2D eigenvalue weighted by Crippen LogP contribution is -2.35. The van der Waals surface area contributed by atoms with Crippen LogP contribution < -0.4 is 5.32 Å². The van der Waals surface area contributed by atoms with Crippen molar-refractivity contribution in [1.29, 1.82) is 0 Å². The van der Waals surface area contributed by atoms with E-state index in [1.807, 2.05) is 13.8 Å². The summed E-state index contributed by atoms with van der Waals surface area (Å²) in [5, 5.41) is 2.67. The van der Waals surface area contributed by atoms with Crippen LogP contribution in [-0.2, 0) is 0 Å². The zero-order chi connectivity index (χ0) is 13.1. The Labute approximate surface area is 114 Å². The minimum atomic E-state index is -0.548. The Kier molecular flexibility index (Phi) is 4.95. The first-order chi connectivity index (χ1) is 7.87. The van der Waals surface area contributed by atoms with E-state index in [9.17, 15) is 9.18 Å². The van der Waals surface area contributed by atoms with Gasteiger partial charge < -0.3 is 5.32 Å². The highest BCUT2D eigenvalue weighted by Crippen LogP contribution is 2.19. The molecular weight excluding hydrogens is 308 g/mol. The average molecular weight is 323 g/mol. The first kappa shape index (κ1) is 14.5. The molecule has 0 unspecified atom stereocenters. The van der Waals surface area contributed by atoms with Gasteiger partial charge in [0.1, 0.15) is 5.82 Å². The van der Waals surface area contributed by atoms with Gasteiger partial charge >= 0.3 is 0 Å². The van der Waals surface area contributed by atoms with E-state index in [-0.39, 0.29) is 15.5 Å². The van der Waals surface area contributed by atoms with Crippen LogP contribution in [0.5, 0.6) is 0 Å². The van der Waals surface area contributed by atoms with Crippen molar-refractivity contribution in [3.8, 4) is 0 Å². The molecular formula is C12H14BrClFNO. The maximum Gasteiger partial charge on any atom is 0.254 e. The molecule has 1 aromatic rings. The lowest BCUT2D eigenvalue weighted by Gasteiger charge is -2.21. The summed E-state index contributed by atoms with van der Waals surface area (Å²) in [5.41, 5.74) is -0.176. The van der Waals surface area contributed by atoms with E-state index in [4.69, 9.17) is 11.6 Å². The smallest absolute Gasteiger partial charge is 0.254 e. The molecule has 0 atom stereocenters. The topological polar surface area (TPSA) is 29.1 Å². The van der Waals surface area contributed by atoms with Gasteiger partial charge in [0.25, 0.3) is 5.91 Å². The van der Waals surface area contributed by atoms with Crippen LogP contribution in [0, 0.1) is 11.2 Å². The van der Waals surface area contributed by atoms with E-state index < -0.39 is 11.7 Å². The number of hydrogen-bond acceptors (Lipinski definition) is 1. The Morgan fingerprint density at radius 3 is 2.76 bits per heavy atom. The molecule has 0 spiro atoms. The molecule has 0 aromatic heterocycles. The van der Waals surface area contributed by atoms with E-state index >= 15 is 0 Å². The molecule has 0 aliphatic heterocycles. The van der Waals surface area contributed by atoms with E-state index in [0.29, 0.717) is 12.4 Å². The number of halogens is 3. The average Bonchev–Trinajstić information content (AvgIpc) is 2.30. The highest BCUT2D eigenvalue weighted by molar-refractivity contribution is 9.10. The van der Waals surface area contributed by atoms with Crippen LogP contribution in [-0.4, -0.2) is 18.3 Å². The van der Waals surface area contributed by atoms with Gasteiger partial charge in [0.05, 0.1) is 10.0 Å². The monoisotopic (exact) mass is 321 g/mol. The quantitative estimate of drug-likeness (QED) is 0.843. The fraction of sp³-hybridized carbons (Fsp3) is 0.417. The third-order valence-electron chi connectivity index (χ3n) is 2.29. The lowest BCUT2D eigenvalue weighted by molar-refractivity contribution is 0.0935. The number of hydrogen-bond donors (Lipinski definition) is 1. The molecule has 0 aliphatic carbocycles. The Bertz CT molecular complexity index is 423. The summed E-state index contributed by atoms with van der Waals surface area (Å²) in [6.07, 6.45) is 0. The van der Waals surface area contributed by atoms with Crippen LogP contribution >= 0.6 is 27.5 Å². The third-order valence-corrected chi connectivity index (χ3v) is 3.62. The molecule has 1 amide bonds. The second-order valence-corrected chi connectivity index (χ2v) is 5.70. The van der Waals surface area contributed by atoms with Crippen LogP contribution in [0.25, 0.3) is 0 Å². The SMILES string of the molecule is CC(C)(CCl)CNC(=O)c1cccc(Br)c1F. The van der Waals surface area contributed by atoms with E-state index in [1.165, 1.54) is 6.07 Å². The largest absolute Gasteiger partial charge is 0.351 e. The van der Waals surface area contributed by atoms with Crippen molar-refractivity contribution in [3.05, 3.63) is 34.1 Å². The van der Waals surface area contributed by atoms with E-state index in [2.05, 4.69) is 21.2 Å². The first-order valence-corrected chi connectivity index (χ1v) is 6.48. The number of carbonyl (C=O) groups excluding carboxylic acids is 1. The maximum atomic E-state index is 13.6. The normalized spacial score (nSPS) is 11.4. The number of alkyl halides is 1. The fourth-order valence-electron chi connectivity index (χ4n) is 1.14. The highest BCUT2D eigenvalue weighted by atomic mass is 79.9. The van der Waals surface area contributed by atoms with E-state index in [0.717, 1.165) is 0 Å². The van der Waals surface area contributed by atoms with Crippen LogP contribution in [0.4, 0.5) is 4.39 Å². The second kappa shape index (κ2) is 5.83. The van der Waals surface area contributed by atoms with Crippen molar-refractivity contribution in [1.82, 2.24) is 5.32 Å². The molecule has 0 fully saturated rings. The van der Waals surface area contributed by atoms with Crippen molar-refractivity contribution >= 4 is 33.4 Å². The van der Waals surface area contributed by atoms with Crippen LogP contribution in [0.15, 0.2) is 22.7 Å². The van der Waals surface area contributed by atoms with Gasteiger partial charge in [0.15, 0.2) is 0 Å². The van der Waals surface area contributed by atoms with Gasteiger partial charge in [-0.25, -0.2) is 4.39 Å². The molecule has 17 heavy (non-hydrogen) atoms.